The number of hydrogen-bond donors (Lipinski definition) is 0. The molecule has 0 aliphatic carbocycles. The molecule has 0 aromatic carbocycles. The van der Waals surface area contributed by atoms with Crippen LogP contribution in [0.25, 0.3) is 0 Å². The van der Waals surface area contributed by atoms with Gasteiger partial charge in [-0.3, -0.25) is 24.5 Å². The van der Waals surface area contributed by atoms with E-state index in [0.29, 0.717) is 185 Å². The zero-order valence-electron chi connectivity index (χ0n) is 67.7. The Bertz CT molecular complexity index is 2610. The molecule has 15 aliphatic rings. The molecule has 642 valence electrons. The average Bonchev–Trinajstić information content (AvgIpc) is 0.799. The Morgan fingerprint density at radius 3 is 0.664 bits per heavy atom. The van der Waals surface area contributed by atoms with Gasteiger partial charge in [-0.05, 0) is 17.1 Å². The molecule has 10 bridgehead atoms. The molecule has 15 rings (SSSR count). The summed E-state index contributed by atoms with van der Waals surface area (Å²) in [5.41, 5.74) is 5.11. The average molecular weight is 1680 g/mol. The van der Waals surface area contributed by atoms with Crippen molar-refractivity contribution in [3.63, 3.8) is 0 Å². The van der Waals surface area contributed by atoms with Crippen LogP contribution in [-0.4, -0.2) is 393 Å². The Morgan fingerprint density at radius 1 is 0.230 bits per heavy atom. The second-order valence-corrected chi connectivity index (χ2v) is 39.9. The SMILES string of the molecule is C=CCOCC1CN2CC(COCC=C)O[Si](C)(O1)OC(COCC=C)C2.C=CCOCC1CN2CC(COCC=C)O[Si](C=C)(O1)OC(COCC=C)C2.C=CCOCC1CN2CCO[Si](C)(OCC2)O1.C=CCOCC1CN2CCO[Si](C=C)(O1)OC(COCC=C)C2.C=CCOCC1CN2CCO[Si](C=C)(OCC2)O1. The molecule has 0 amide bonds. The quantitative estimate of drug-likeness (QED) is 0.0405. The van der Waals surface area contributed by atoms with Crippen molar-refractivity contribution in [2.24, 2.45) is 0 Å². The second kappa shape index (κ2) is 56.1. The van der Waals surface area contributed by atoms with Crippen LogP contribution in [0.4, 0.5) is 0 Å². The maximum atomic E-state index is 6.34. The van der Waals surface area contributed by atoms with Gasteiger partial charge >= 0.3 is 44.0 Å². The molecule has 0 aromatic rings. The van der Waals surface area contributed by atoms with Crippen LogP contribution in [0.1, 0.15) is 0 Å². The molecule has 0 radical (unpaired) electrons. The maximum absolute atomic E-state index is 6.34. The molecule has 15 fully saturated rings. The summed E-state index contributed by atoms with van der Waals surface area (Å²) >= 11 is 0. The summed E-state index contributed by atoms with van der Waals surface area (Å²) in [5, 5.41) is 0. The van der Waals surface area contributed by atoms with Gasteiger partial charge in [0, 0.05) is 111 Å². The molecule has 30 nitrogen and oxygen atoms in total. The number of hydrogen-bond acceptors (Lipinski definition) is 30. The second-order valence-electron chi connectivity index (χ2n) is 27.8. The lowest BCUT2D eigenvalue weighted by Crippen LogP contribution is -2.63. The molecule has 0 N–H and O–H groups in total. The largest absolute Gasteiger partial charge is 0.530 e. The highest BCUT2D eigenvalue weighted by atomic mass is 28.4. The molecule has 113 heavy (non-hydrogen) atoms. The van der Waals surface area contributed by atoms with Crippen molar-refractivity contribution in [2.45, 2.75) is 74.1 Å². The zero-order valence-corrected chi connectivity index (χ0v) is 72.7. The fourth-order valence-corrected chi connectivity index (χ4v) is 24.0. The first-order valence-electron chi connectivity index (χ1n) is 39.3. The van der Waals surface area contributed by atoms with Gasteiger partial charge in [0.25, 0.3) is 0 Å². The van der Waals surface area contributed by atoms with E-state index in [4.69, 9.17) is 114 Å². The Morgan fingerprint density at radius 2 is 0.416 bits per heavy atom. The Balaban J connectivity index is 0.000000223. The number of rotatable bonds is 43. The van der Waals surface area contributed by atoms with Gasteiger partial charge in [-0.1, -0.05) is 80.5 Å². The van der Waals surface area contributed by atoms with Gasteiger partial charge in [0.05, 0.1) is 226 Å². The smallest absolute Gasteiger partial charge is 0.375 e. The number of ether oxygens (including phenoxy) is 10. The topological polar surface area (TPSA) is 247 Å². The fourth-order valence-electron chi connectivity index (χ4n) is 13.5. The van der Waals surface area contributed by atoms with E-state index < -0.39 is 44.0 Å². The summed E-state index contributed by atoms with van der Waals surface area (Å²) in [6.07, 6.45) is 16.3. The van der Waals surface area contributed by atoms with E-state index >= 15 is 0 Å². The lowest BCUT2D eigenvalue weighted by atomic mass is 10.2. The number of fused-ring (bicyclic) bond motifs is 30. The predicted octanol–water partition coefficient (Wildman–Crippen LogP) is 5.67. The van der Waals surface area contributed by atoms with Crippen LogP contribution in [0.3, 0.4) is 0 Å². The third-order valence-corrected chi connectivity index (χ3v) is 29.7. The third-order valence-electron chi connectivity index (χ3n) is 17.9. The van der Waals surface area contributed by atoms with Gasteiger partial charge in [-0.2, -0.15) is 0 Å². The van der Waals surface area contributed by atoms with Crippen LogP contribution in [0, 0.1) is 0 Å². The molecular formula is C78H135N5O25Si5. The molecule has 35 heteroatoms. The summed E-state index contributed by atoms with van der Waals surface area (Å²) in [4.78, 5) is 11.4. The van der Waals surface area contributed by atoms with Crippen LogP contribution in [0.2, 0.25) is 13.1 Å². The molecule has 15 heterocycles. The Kier molecular flexibility index (Phi) is 48.8. The van der Waals surface area contributed by atoms with Gasteiger partial charge in [-0.25, -0.2) is 0 Å². The van der Waals surface area contributed by atoms with E-state index in [1.165, 1.54) is 0 Å². The molecule has 15 aliphatic heterocycles. The Labute approximate surface area is 679 Å². The molecule has 15 saturated heterocycles. The van der Waals surface area contributed by atoms with Crippen LogP contribution in [0.15, 0.2) is 163 Å². The van der Waals surface area contributed by atoms with Crippen molar-refractivity contribution in [2.75, 3.05) is 263 Å². The van der Waals surface area contributed by atoms with Crippen molar-refractivity contribution in [1.82, 2.24) is 24.5 Å². The lowest BCUT2D eigenvalue weighted by molar-refractivity contribution is -0.121. The van der Waals surface area contributed by atoms with Crippen LogP contribution < -0.4 is 0 Å². The summed E-state index contributed by atoms with van der Waals surface area (Å²) in [7, 11) is -14.1. The van der Waals surface area contributed by atoms with Crippen molar-refractivity contribution in [3.05, 3.63) is 163 Å². The molecule has 0 aromatic heterocycles. The monoisotopic (exact) mass is 1680 g/mol. The lowest BCUT2D eigenvalue weighted by Gasteiger charge is -2.45. The first-order chi connectivity index (χ1) is 54.9. The van der Waals surface area contributed by atoms with Gasteiger partial charge in [0.2, 0.25) is 0 Å². The van der Waals surface area contributed by atoms with Gasteiger partial charge in [-0.15, -0.1) is 65.8 Å². The van der Waals surface area contributed by atoms with Crippen molar-refractivity contribution in [3.8, 4) is 0 Å². The summed E-state index contributed by atoms with van der Waals surface area (Å²) in [5.74, 6) is 0. The molecule has 10 atom stereocenters. The van der Waals surface area contributed by atoms with E-state index in [1.807, 2.05) is 13.1 Å². The molecular weight excluding hydrogens is 1550 g/mol. The normalized spacial score (nSPS) is 34.7. The highest BCUT2D eigenvalue weighted by Crippen LogP contribution is 2.30. The summed E-state index contributed by atoms with van der Waals surface area (Å²) in [6.45, 7) is 77.5. The van der Waals surface area contributed by atoms with Crippen LogP contribution in [-0.2, 0) is 114 Å². The van der Waals surface area contributed by atoms with E-state index in [9.17, 15) is 0 Å². The maximum Gasteiger partial charge on any atom is 0.530 e. The van der Waals surface area contributed by atoms with Crippen LogP contribution in [0.5, 0.6) is 0 Å². The highest BCUT2D eigenvalue weighted by Gasteiger charge is 2.52. The predicted molar refractivity (Wildman–Crippen MR) is 442 cm³/mol. The van der Waals surface area contributed by atoms with Crippen LogP contribution >= 0.6 is 0 Å². The fraction of sp³-hybridized carbons (Fsp3) is 0.667. The first-order valence-corrected chi connectivity index (χ1v) is 49.2. The minimum absolute atomic E-state index is 0.0322. The van der Waals surface area contributed by atoms with E-state index in [-0.39, 0.29) is 61.0 Å². The van der Waals surface area contributed by atoms with Crippen molar-refractivity contribution < 1.29 is 114 Å². The van der Waals surface area contributed by atoms with Gasteiger partial charge in [0.15, 0.2) is 0 Å². The van der Waals surface area contributed by atoms with E-state index in [0.717, 1.165) is 78.5 Å². The summed E-state index contributed by atoms with van der Waals surface area (Å²) in [6, 6.07) is 0. The molecule has 0 saturated carbocycles. The van der Waals surface area contributed by atoms with Crippen molar-refractivity contribution in [1.29, 1.82) is 0 Å². The Hall–Kier alpha value is -3.50. The molecule has 0 spiro atoms. The molecule has 10 unspecified atom stereocenters. The minimum Gasteiger partial charge on any atom is -0.375 e. The van der Waals surface area contributed by atoms with Gasteiger partial charge < -0.3 is 114 Å². The third kappa shape index (κ3) is 37.8. The van der Waals surface area contributed by atoms with E-state index in [1.54, 1.807) is 77.9 Å². The summed E-state index contributed by atoms with van der Waals surface area (Å²) < 4.78 is 147. The highest BCUT2D eigenvalue weighted by molar-refractivity contribution is 6.67. The standard InChI is InChI=1S/C20H33NO6Si.C19H33NO6Si.C16H27NO5Si.C12H21NO4Si.C11H21NO4Si/c1-5-9-22-15-18-12-21-13-19(16-23-10-6-2)26-28(8-4,25-18)27-20(14-21)17-24-11-7-3;1-5-8-21-14-17-11-20-12-18(15-22-9-6-2)25-27(4,24-17)26-19(13-20)16-23-10-7-3;1-4-8-18-13-15-11-17-7-10-20-23(6-3,21-15)22-16(12-17)14-19-9-5-2;1-3-7-14-11-12-10-13-5-8-15-18(4-2,17-12)16-9-6-13;1-3-6-13-10-11-9-12-4-7-14-17(2,16-11)15-8-5-12/h5-8,18-20H,1-4,9-17H2;5-7,17-19H,1-3,8-16H2,4H3;4-6,15-16H,1-3,7-14H2;3-4,12H,1-2,5-11H2;3,11H,1,4-10H2,2H3. The van der Waals surface area contributed by atoms with E-state index in [2.05, 4.69) is 110 Å². The number of nitrogens with zero attached hydrogens (tertiary/aromatic N) is 5. The first kappa shape index (κ1) is 98.3. The minimum atomic E-state index is -3.15. The van der Waals surface area contributed by atoms with Crippen molar-refractivity contribution >= 4 is 44.0 Å². The van der Waals surface area contributed by atoms with Gasteiger partial charge in [0.1, 0.15) is 0 Å². The zero-order chi connectivity index (χ0) is 81.3.